The van der Waals surface area contributed by atoms with Crippen LogP contribution in [0.5, 0.6) is 0 Å². The number of nitrogens with zero attached hydrogens (tertiary/aromatic N) is 1. The second-order valence-corrected chi connectivity index (χ2v) is 4.98. The zero-order chi connectivity index (χ0) is 20.9. The maximum absolute atomic E-state index is 12.8. The molecule has 27 heavy (non-hydrogen) atoms. The minimum absolute atomic E-state index is 0.487. The average Bonchev–Trinajstić information content (AvgIpc) is 2.60. The van der Waals surface area contributed by atoms with Crippen LogP contribution in [-0.4, -0.2) is 40.8 Å². The number of hydrogen-bond acceptors (Lipinski definition) is 5. The molecule has 1 aliphatic heterocycles. The van der Waals surface area contributed by atoms with Crippen molar-refractivity contribution in [3.05, 3.63) is 46.3 Å². The highest BCUT2D eigenvalue weighted by Gasteiger charge is 2.39. The maximum Gasteiger partial charge on any atom is 0.450 e. The van der Waals surface area contributed by atoms with E-state index in [0.717, 1.165) is 7.11 Å². The molecular formula is C15H14F7NO4. The first kappa shape index (κ1) is 22.7. The molecule has 0 fully saturated rings. The van der Waals surface area contributed by atoms with Crippen molar-refractivity contribution < 1.29 is 50.8 Å². The maximum atomic E-state index is 12.8. The summed E-state index contributed by atoms with van der Waals surface area (Å²) < 4.78 is 93.6. The first-order valence-corrected chi connectivity index (χ1v) is 7.08. The van der Waals surface area contributed by atoms with Crippen LogP contribution in [-0.2, 0) is 4.74 Å². The number of aliphatic hydroxyl groups excluding tert-OH is 3. The monoisotopic (exact) mass is 405 g/mol. The second kappa shape index (κ2) is 9.04. The van der Waals surface area contributed by atoms with Gasteiger partial charge >= 0.3 is 6.18 Å². The Morgan fingerprint density at radius 3 is 1.96 bits per heavy atom. The van der Waals surface area contributed by atoms with Crippen molar-refractivity contribution in [1.82, 2.24) is 0 Å². The van der Waals surface area contributed by atoms with Gasteiger partial charge in [0, 0.05) is 23.8 Å². The number of benzene rings is 1. The Kier molecular flexibility index (Phi) is 7.60. The highest BCUT2D eigenvalue weighted by molar-refractivity contribution is 5.95. The molecule has 0 aromatic heterocycles. The number of ether oxygens (including phenoxy) is 1. The van der Waals surface area contributed by atoms with Crippen LogP contribution in [0.1, 0.15) is 36.0 Å². The summed E-state index contributed by atoms with van der Waals surface area (Å²) in [6.45, 7) is 0. The Hall–Kier alpha value is -2.34. The second-order valence-electron chi connectivity index (χ2n) is 4.98. The smallest absolute Gasteiger partial charge is 0.450 e. The molecule has 5 nitrogen and oxygen atoms in total. The van der Waals surface area contributed by atoms with Crippen LogP contribution in [0.3, 0.4) is 0 Å². The van der Waals surface area contributed by atoms with Crippen molar-refractivity contribution in [3.63, 3.8) is 0 Å². The topological polar surface area (TPSA) is 82.3 Å². The number of allylic oxidation sites excluding steroid dienone is 1. The number of halogens is 7. The predicted molar refractivity (Wildman–Crippen MR) is 78.5 cm³/mol. The lowest BCUT2D eigenvalue weighted by molar-refractivity contribution is -0.123. The first-order valence-electron chi connectivity index (χ1n) is 7.08. The molecule has 152 valence electrons. The molecule has 1 aromatic carbocycles. The molecule has 0 aliphatic carbocycles. The summed E-state index contributed by atoms with van der Waals surface area (Å²) in [6, 6.07) is 1.91. The third kappa shape index (κ3) is 5.82. The molecule has 1 aliphatic rings. The van der Waals surface area contributed by atoms with Gasteiger partial charge in [-0.2, -0.15) is 13.2 Å². The van der Waals surface area contributed by atoms with Gasteiger partial charge in [-0.3, -0.25) is 0 Å². The fourth-order valence-corrected chi connectivity index (χ4v) is 2.03. The Balaban J connectivity index is 0.00000176. The minimum Gasteiger partial charge on any atom is -0.503 e. The lowest BCUT2D eigenvalue weighted by Crippen LogP contribution is -2.26. The van der Waals surface area contributed by atoms with Gasteiger partial charge in [0.1, 0.15) is 0 Å². The van der Waals surface area contributed by atoms with Crippen molar-refractivity contribution in [2.45, 2.75) is 31.7 Å². The SMILES string of the molecule is CO.O/C(=C1\CC(O)OC(c2cc(C(F)F)cc(C(F)F)c2)=N1)C(F)(F)F. The number of hydrogen-bond donors (Lipinski definition) is 3. The van der Waals surface area contributed by atoms with Crippen molar-refractivity contribution in [1.29, 1.82) is 0 Å². The van der Waals surface area contributed by atoms with Crippen LogP contribution < -0.4 is 0 Å². The number of aliphatic imine (C=N–C) groups is 1. The summed E-state index contributed by atoms with van der Waals surface area (Å²) in [5.41, 5.74) is -3.16. The van der Waals surface area contributed by atoms with E-state index in [1.54, 1.807) is 0 Å². The fraction of sp³-hybridized carbons (Fsp3) is 0.400. The molecular weight excluding hydrogens is 391 g/mol. The van der Waals surface area contributed by atoms with Gasteiger partial charge in [-0.05, 0) is 18.2 Å². The van der Waals surface area contributed by atoms with Gasteiger partial charge in [0.15, 0.2) is 0 Å². The van der Waals surface area contributed by atoms with E-state index in [0.29, 0.717) is 18.2 Å². The Labute approximate surface area is 148 Å². The van der Waals surface area contributed by atoms with Crippen LogP contribution >= 0.6 is 0 Å². The van der Waals surface area contributed by atoms with Crippen LogP contribution in [0.4, 0.5) is 30.7 Å². The van der Waals surface area contributed by atoms with Gasteiger partial charge in [-0.15, -0.1) is 0 Å². The largest absolute Gasteiger partial charge is 0.503 e. The molecule has 3 N–H and O–H groups in total. The van der Waals surface area contributed by atoms with Crippen molar-refractivity contribution in [2.24, 2.45) is 4.99 Å². The highest BCUT2D eigenvalue weighted by atomic mass is 19.4. The fourth-order valence-electron chi connectivity index (χ4n) is 2.03. The van der Waals surface area contributed by atoms with Crippen molar-refractivity contribution in [3.8, 4) is 0 Å². The molecule has 0 saturated heterocycles. The molecule has 0 spiro atoms. The average molecular weight is 405 g/mol. The molecule has 0 saturated carbocycles. The number of alkyl halides is 7. The lowest BCUT2D eigenvalue weighted by atomic mass is 10.0. The van der Waals surface area contributed by atoms with E-state index in [-0.39, 0.29) is 0 Å². The molecule has 0 radical (unpaired) electrons. The molecule has 1 atom stereocenters. The zero-order valence-electron chi connectivity index (χ0n) is 13.5. The molecule has 0 bridgehead atoms. The van der Waals surface area contributed by atoms with E-state index >= 15 is 0 Å². The van der Waals surface area contributed by atoms with E-state index in [1.165, 1.54) is 0 Å². The van der Waals surface area contributed by atoms with E-state index in [1.807, 2.05) is 0 Å². The van der Waals surface area contributed by atoms with Gasteiger partial charge < -0.3 is 20.1 Å². The van der Waals surface area contributed by atoms with Crippen molar-refractivity contribution in [2.75, 3.05) is 7.11 Å². The molecule has 0 amide bonds. The van der Waals surface area contributed by atoms with Gasteiger partial charge in [0.25, 0.3) is 12.9 Å². The minimum atomic E-state index is -5.17. The highest BCUT2D eigenvalue weighted by Crippen LogP contribution is 2.32. The van der Waals surface area contributed by atoms with E-state index in [2.05, 4.69) is 4.99 Å². The van der Waals surface area contributed by atoms with E-state index in [4.69, 9.17) is 14.9 Å². The molecule has 1 unspecified atom stereocenters. The molecule has 2 rings (SSSR count). The zero-order valence-corrected chi connectivity index (χ0v) is 13.5. The third-order valence-corrected chi connectivity index (χ3v) is 3.12. The van der Waals surface area contributed by atoms with E-state index < -0.39 is 65.8 Å². The Morgan fingerprint density at radius 2 is 1.56 bits per heavy atom. The van der Waals surface area contributed by atoms with Gasteiger partial charge in [0.2, 0.25) is 17.9 Å². The third-order valence-electron chi connectivity index (χ3n) is 3.12. The Bertz CT molecular complexity index is 690. The first-order chi connectivity index (χ1) is 12.5. The summed E-state index contributed by atoms with van der Waals surface area (Å²) in [7, 11) is 1.00. The summed E-state index contributed by atoms with van der Waals surface area (Å²) in [5.74, 6) is -2.90. The van der Waals surface area contributed by atoms with Gasteiger partial charge in [-0.25, -0.2) is 22.6 Å². The quantitative estimate of drug-likeness (QED) is 0.525. The number of rotatable bonds is 3. The van der Waals surface area contributed by atoms with Gasteiger partial charge in [0.05, 0.1) is 12.1 Å². The van der Waals surface area contributed by atoms with Crippen molar-refractivity contribution >= 4 is 5.90 Å². The van der Waals surface area contributed by atoms with E-state index in [9.17, 15) is 35.8 Å². The summed E-state index contributed by atoms with van der Waals surface area (Å²) >= 11 is 0. The Morgan fingerprint density at radius 1 is 1.07 bits per heavy atom. The number of aliphatic hydroxyl groups is 3. The molecule has 12 heteroatoms. The predicted octanol–water partition coefficient (Wildman–Crippen LogP) is 3.99. The summed E-state index contributed by atoms with van der Waals surface area (Å²) in [5, 5.41) is 25.6. The standard InChI is InChI=1S/C14H10F7NO3.CH4O/c15-11(16)5-1-6(12(17)18)3-7(2-5)13-22-8(4-9(23)25-13)10(24)14(19,20)21;1-2/h1-3,9,11-12,23-24H,4H2;2H,1H3/b10-8+;. The molecule has 1 heterocycles. The van der Waals surface area contributed by atoms with Crippen LogP contribution in [0, 0.1) is 0 Å². The lowest BCUT2D eigenvalue weighted by Gasteiger charge is -2.23. The normalized spacial score (nSPS) is 19.3. The van der Waals surface area contributed by atoms with Gasteiger partial charge in [-0.1, -0.05) is 0 Å². The summed E-state index contributed by atoms with van der Waals surface area (Å²) in [4.78, 5) is 3.32. The summed E-state index contributed by atoms with van der Waals surface area (Å²) in [6.07, 6.45) is -14.1. The molecule has 1 aromatic rings. The van der Waals surface area contributed by atoms with Crippen LogP contribution in [0.2, 0.25) is 0 Å². The van der Waals surface area contributed by atoms with Crippen LogP contribution in [0.15, 0.2) is 34.6 Å². The van der Waals surface area contributed by atoms with Crippen LogP contribution in [0.25, 0.3) is 0 Å².